The Labute approximate surface area is 117 Å². The molecule has 1 heterocycles. The summed E-state index contributed by atoms with van der Waals surface area (Å²) in [5.74, 6) is 0.260. The number of ether oxygens (including phenoxy) is 1. The van der Waals surface area contributed by atoms with Crippen molar-refractivity contribution in [2.45, 2.75) is 26.9 Å². The molecule has 4 heteroatoms. The second kappa shape index (κ2) is 5.76. The molecule has 19 heavy (non-hydrogen) atoms. The molecule has 0 spiro atoms. The minimum atomic E-state index is -0.482. The first-order chi connectivity index (χ1) is 9.04. The Morgan fingerprint density at radius 2 is 2.16 bits per heavy atom. The van der Waals surface area contributed by atoms with Crippen LogP contribution in [0, 0.1) is 5.92 Å². The maximum atomic E-state index is 12.4. The van der Waals surface area contributed by atoms with E-state index in [-0.39, 0.29) is 11.7 Å². The smallest absolute Gasteiger partial charge is 0.226 e. The summed E-state index contributed by atoms with van der Waals surface area (Å²) in [4.78, 5) is 12.4. The van der Waals surface area contributed by atoms with Gasteiger partial charge in [0, 0.05) is 12.0 Å². The van der Waals surface area contributed by atoms with E-state index in [1.54, 1.807) is 12.1 Å². The normalized spacial score (nSPS) is 13.1. The minimum Gasteiger partial charge on any atom is -0.451 e. The molecule has 0 saturated carbocycles. The molecule has 0 bridgehead atoms. The van der Waals surface area contributed by atoms with Crippen molar-refractivity contribution in [3.8, 4) is 0 Å². The number of carbonyl (C=O) groups is 1. The van der Waals surface area contributed by atoms with Crippen molar-refractivity contribution in [3.63, 3.8) is 0 Å². The van der Waals surface area contributed by atoms with Gasteiger partial charge in [-0.15, -0.1) is 0 Å². The van der Waals surface area contributed by atoms with E-state index in [0.717, 1.165) is 5.39 Å². The van der Waals surface area contributed by atoms with E-state index >= 15 is 0 Å². The van der Waals surface area contributed by atoms with Gasteiger partial charge in [0.05, 0.1) is 5.02 Å². The molecular weight excluding hydrogens is 264 g/mol. The van der Waals surface area contributed by atoms with E-state index in [1.807, 2.05) is 32.9 Å². The Hall–Kier alpha value is -1.32. The van der Waals surface area contributed by atoms with Crippen LogP contribution in [0.15, 0.2) is 28.7 Å². The molecule has 0 N–H and O–H groups in total. The molecule has 0 radical (unpaired) electrons. The number of halogens is 1. The van der Waals surface area contributed by atoms with Crippen LogP contribution in [0.25, 0.3) is 11.0 Å². The Kier molecular flexibility index (Phi) is 4.27. The van der Waals surface area contributed by atoms with E-state index < -0.39 is 6.10 Å². The van der Waals surface area contributed by atoms with Crippen LogP contribution in [-0.2, 0) is 4.74 Å². The lowest BCUT2D eigenvalue weighted by Gasteiger charge is -2.17. The number of ketones is 1. The van der Waals surface area contributed by atoms with Gasteiger partial charge in [-0.3, -0.25) is 4.79 Å². The average Bonchev–Trinajstić information content (AvgIpc) is 2.80. The molecule has 0 fully saturated rings. The second-order valence-corrected chi connectivity index (χ2v) is 5.16. The van der Waals surface area contributed by atoms with Gasteiger partial charge in [0.25, 0.3) is 0 Å². The first kappa shape index (κ1) is 14.1. The second-order valence-electron chi connectivity index (χ2n) is 4.75. The predicted octanol–water partition coefficient (Wildman–Crippen LogP) is 4.33. The Balaban J connectivity index is 2.38. The molecule has 1 unspecified atom stereocenters. The summed E-state index contributed by atoms with van der Waals surface area (Å²) in [6.45, 7) is 6.27. The number of hydrogen-bond acceptors (Lipinski definition) is 3. The van der Waals surface area contributed by atoms with Gasteiger partial charge in [0.1, 0.15) is 6.10 Å². The van der Waals surface area contributed by atoms with Crippen molar-refractivity contribution in [1.29, 1.82) is 0 Å². The standard InChI is InChI=1S/C15H17ClO3/c1-4-18-14(9(2)3)13(17)12-8-10-6-5-7-11(16)15(10)19-12/h5-9,14H,4H2,1-3H3. The molecule has 0 aliphatic carbocycles. The lowest BCUT2D eigenvalue weighted by atomic mass is 10.0. The number of rotatable bonds is 5. The van der Waals surface area contributed by atoms with Crippen LogP contribution in [0.5, 0.6) is 0 Å². The van der Waals surface area contributed by atoms with E-state index in [2.05, 4.69) is 0 Å². The quantitative estimate of drug-likeness (QED) is 0.765. The molecule has 0 aliphatic rings. The van der Waals surface area contributed by atoms with Crippen molar-refractivity contribution in [3.05, 3.63) is 35.0 Å². The zero-order chi connectivity index (χ0) is 14.0. The Bertz CT molecular complexity index is 586. The Morgan fingerprint density at radius 3 is 2.74 bits per heavy atom. The molecule has 1 atom stereocenters. The topological polar surface area (TPSA) is 39.4 Å². The van der Waals surface area contributed by atoms with Gasteiger partial charge in [0.2, 0.25) is 5.78 Å². The van der Waals surface area contributed by atoms with Gasteiger partial charge in [0.15, 0.2) is 11.3 Å². The summed E-state index contributed by atoms with van der Waals surface area (Å²) < 4.78 is 11.1. The van der Waals surface area contributed by atoms with Crippen LogP contribution in [0.2, 0.25) is 5.02 Å². The SMILES string of the molecule is CCOC(C(=O)c1cc2cccc(Cl)c2o1)C(C)C. The van der Waals surface area contributed by atoms with E-state index in [1.165, 1.54) is 0 Å². The number of hydrogen-bond donors (Lipinski definition) is 0. The summed E-state index contributed by atoms with van der Waals surface area (Å²) in [5.41, 5.74) is 0.548. The van der Waals surface area contributed by atoms with Crippen molar-refractivity contribution >= 4 is 28.4 Å². The monoisotopic (exact) mass is 280 g/mol. The van der Waals surface area contributed by atoms with Crippen LogP contribution in [0.4, 0.5) is 0 Å². The van der Waals surface area contributed by atoms with Gasteiger partial charge in [-0.1, -0.05) is 37.6 Å². The highest BCUT2D eigenvalue weighted by Crippen LogP contribution is 2.28. The number of Topliss-reactive ketones (excluding diaryl/α,β-unsaturated/α-hetero) is 1. The number of carbonyl (C=O) groups excluding carboxylic acids is 1. The zero-order valence-electron chi connectivity index (χ0n) is 11.3. The lowest BCUT2D eigenvalue weighted by Crippen LogP contribution is -2.29. The molecule has 102 valence electrons. The number of para-hydroxylation sites is 1. The van der Waals surface area contributed by atoms with Crippen molar-refractivity contribution < 1.29 is 13.9 Å². The number of fused-ring (bicyclic) bond motifs is 1. The van der Waals surface area contributed by atoms with Gasteiger partial charge in [-0.25, -0.2) is 0 Å². The van der Waals surface area contributed by atoms with Crippen molar-refractivity contribution in [2.75, 3.05) is 6.61 Å². The molecular formula is C15H17ClO3. The third kappa shape index (κ3) is 2.82. The summed E-state index contributed by atoms with van der Waals surface area (Å²) in [5, 5.41) is 1.34. The third-order valence-corrected chi connectivity index (χ3v) is 3.25. The molecule has 1 aromatic heterocycles. The molecule has 3 nitrogen and oxygen atoms in total. The first-order valence-electron chi connectivity index (χ1n) is 6.38. The van der Waals surface area contributed by atoms with E-state index in [4.69, 9.17) is 20.8 Å². The summed E-state index contributed by atoms with van der Waals surface area (Å²) in [6.07, 6.45) is -0.482. The largest absolute Gasteiger partial charge is 0.451 e. The molecule has 0 saturated heterocycles. The van der Waals surface area contributed by atoms with Gasteiger partial charge >= 0.3 is 0 Å². The Morgan fingerprint density at radius 1 is 1.42 bits per heavy atom. The maximum Gasteiger partial charge on any atom is 0.226 e. The van der Waals surface area contributed by atoms with Gasteiger partial charge in [-0.05, 0) is 25.0 Å². The van der Waals surface area contributed by atoms with E-state index in [9.17, 15) is 4.79 Å². The average molecular weight is 281 g/mol. The fraction of sp³-hybridized carbons (Fsp3) is 0.400. The molecule has 1 aromatic carbocycles. The molecule has 2 rings (SSSR count). The highest BCUT2D eigenvalue weighted by atomic mass is 35.5. The predicted molar refractivity (Wildman–Crippen MR) is 75.8 cm³/mol. The molecule has 0 aliphatic heterocycles. The van der Waals surface area contributed by atoms with Crippen LogP contribution < -0.4 is 0 Å². The fourth-order valence-corrected chi connectivity index (χ4v) is 2.26. The number of benzene rings is 1. The minimum absolute atomic E-state index is 0.0936. The van der Waals surface area contributed by atoms with Gasteiger partial charge in [-0.2, -0.15) is 0 Å². The number of furan rings is 1. The summed E-state index contributed by atoms with van der Waals surface area (Å²) in [7, 11) is 0. The van der Waals surface area contributed by atoms with Crippen LogP contribution in [0.1, 0.15) is 31.3 Å². The van der Waals surface area contributed by atoms with Crippen LogP contribution in [0.3, 0.4) is 0 Å². The van der Waals surface area contributed by atoms with Crippen LogP contribution in [-0.4, -0.2) is 18.5 Å². The van der Waals surface area contributed by atoms with Crippen molar-refractivity contribution in [1.82, 2.24) is 0 Å². The fourth-order valence-electron chi connectivity index (χ4n) is 2.04. The highest BCUT2D eigenvalue weighted by molar-refractivity contribution is 6.34. The summed E-state index contributed by atoms with van der Waals surface area (Å²) in [6, 6.07) is 7.16. The highest BCUT2D eigenvalue weighted by Gasteiger charge is 2.26. The third-order valence-electron chi connectivity index (χ3n) is 2.95. The van der Waals surface area contributed by atoms with Crippen LogP contribution >= 0.6 is 11.6 Å². The van der Waals surface area contributed by atoms with Crippen molar-refractivity contribution in [2.24, 2.45) is 5.92 Å². The zero-order valence-corrected chi connectivity index (χ0v) is 12.0. The van der Waals surface area contributed by atoms with Gasteiger partial charge < -0.3 is 9.15 Å². The summed E-state index contributed by atoms with van der Waals surface area (Å²) >= 11 is 6.04. The van der Waals surface area contributed by atoms with E-state index in [0.29, 0.717) is 23.0 Å². The molecule has 2 aromatic rings. The molecule has 0 amide bonds. The maximum absolute atomic E-state index is 12.4. The first-order valence-corrected chi connectivity index (χ1v) is 6.76. The lowest BCUT2D eigenvalue weighted by molar-refractivity contribution is 0.0259.